The van der Waals surface area contributed by atoms with Gasteiger partial charge in [-0.05, 0) is 73.2 Å². The topological polar surface area (TPSA) is 87.7 Å². The van der Waals surface area contributed by atoms with E-state index in [2.05, 4.69) is 10.6 Å². The van der Waals surface area contributed by atoms with Gasteiger partial charge in [-0.1, -0.05) is 17.8 Å². The van der Waals surface area contributed by atoms with E-state index in [1.54, 1.807) is 24.3 Å². The summed E-state index contributed by atoms with van der Waals surface area (Å²) in [6.45, 7) is 0.480. The molecule has 0 bridgehead atoms. The Balaban J connectivity index is 1.55. The first kappa shape index (κ1) is 28.8. The maximum Gasteiger partial charge on any atom is 0.416 e. The predicted molar refractivity (Wildman–Crippen MR) is 142 cm³/mol. The van der Waals surface area contributed by atoms with Gasteiger partial charge >= 0.3 is 6.18 Å². The summed E-state index contributed by atoms with van der Waals surface area (Å²) in [4.78, 5) is 40.8. The molecule has 0 aromatic heterocycles. The fourth-order valence-corrected chi connectivity index (χ4v) is 4.78. The van der Waals surface area contributed by atoms with Crippen molar-refractivity contribution in [2.45, 2.75) is 17.5 Å². The molecule has 0 spiro atoms. The van der Waals surface area contributed by atoms with Crippen molar-refractivity contribution >= 4 is 40.9 Å². The van der Waals surface area contributed by atoms with Crippen molar-refractivity contribution in [1.82, 2.24) is 4.90 Å². The van der Waals surface area contributed by atoms with Gasteiger partial charge in [-0.2, -0.15) is 13.2 Å². The maximum atomic E-state index is 13.4. The molecule has 0 aliphatic carbocycles. The maximum absolute atomic E-state index is 13.4. The highest BCUT2D eigenvalue weighted by atomic mass is 32.2. The zero-order valence-electron chi connectivity index (χ0n) is 21.0. The van der Waals surface area contributed by atoms with Crippen molar-refractivity contribution in [3.63, 3.8) is 0 Å². The van der Waals surface area contributed by atoms with Gasteiger partial charge in [0.1, 0.15) is 16.4 Å². The Morgan fingerprint density at radius 3 is 2.30 bits per heavy atom. The van der Waals surface area contributed by atoms with Crippen LogP contribution in [-0.4, -0.2) is 42.9 Å². The first-order valence-corrected chi connectivity index (χ1v) is 12.8. The summed E-state index contributed by atoms with van der Waals surface area (Å²) in [5.74, 6) is -2.14. The van der Waals surface area contributed by atoms with Crippen LogP contribution in [-0.2, 0) is 20.5 Å². The van der Waals surface area contributed by atoms with E-state index in [1.807, 2.05) is 0 Å². The molecule has 0 saturated heterocycles. The number of hydrogen-bond acceptors (Lipinski definition) is 6. The first-order valence-electron chi connectivity index (χ1n) is 12.0. The van der Waals surface area contributed by atoms with Crippen LogP contribution in [0.3, 0.4) is 0 Å². The number of benzene rings is 3. The van der Waals surface area contributed by atoms with E-state index in [4.69, 9.17) is 4.74 Å². The number of carbonyl (C=O) groups is 3. The number of methoxy groups -OCH3 is 1. The van der Waals surface area contributed by atoms with Crippen molar-refractivity contribution in [3.8, 4) is 0 Å². The third kappa shape index (κ3) is 6.88. The number of alkyl halides is 3. The monoisotopic (exact) mass is 573 g/mol. The van der Waals surface area contributed by atoms with Crippen LogP contribution >= 0.6 is 11.8 Å². The number of nitrogens with one attached hydrogen (secondary N) is 2. The van der Waals surface area contributed by atoms with Gasteiger partial charge in [0, 0.05) is 42.1 Å². The molecule has 4 rings (SSSR count). The number of hydrogen-bond donors (Lipinski definition) is 2. The van der Waals surface area contributed by atoms with Gasteiger partial charge in [0.15, 0.2) is 0 Å². The Labute approximate surface area is 231 Å². The molecule has 1 aliphatic rings. The zero-order valence-corrected chi connectivity index (χ0v) is 21.9. The van der Waals surface area contributed by atoms with E-state index in [9.17, 15) is 31.9 Å². The molecular weight excluding hydrogens is 550 g/mol. The third-order valence-corrected chi connectivity index (χ3v) is 6.83. The number of anilines is 2. The Kier molecular flexibility index (Phi) is 8.90. The van der Waals surface area contributed by atoms with Crippen LogP contribution in [0.5, 0.6) is 0 Å². The largest absolute Gasteiger partial charge is 0.416 e. The summed E-state index contributed by atoms with van der Waals surface area (Å²) in [5, 5.41) is 5.55. The summed E-state index contributed by atoms with van der Waals surface area (Å²) < 4.78 is 56.9. The van der Waals surface area contributed by atoms with Crippen LogP contribution in [0, 0.1) is 5.82 Å². The summed E-state index contributed by atoms with van der Waals surface area (Å²) in [6.07, 6.45) is -4.08. The molecule has 0 saturated carbocycles. The minimum absolute atomic E-state index is 0.0261. The number of nitrogens with zero attached hydrogens (tertiary/aromatic N) is 1. The van der Waals surface area contributed by atoms with Gasteiger partial charge in [0.25, 0.3) is 17.7 Å². The summed E-state index contributed by atoms with van der Waals surface area (Å²) >= 11 is 1.00. The molecule has 0 atom stereocenters. The minimum atomic E-state index is -4.52. The Morgan fingerprint density at radius 2 is 1.65 bits per heavy atom. The smallest absolute Gasteiger partial charge is 0.385 e. The molecule has 3 aromatic carbocycles. The van der Waals surface area contributed by atoms with E-state index in [0.29, 0.717) is 29.3 Å². The summed E-state index contributed by atoms with van der Waals surface area (Å²) in [5.41, 5.74) is -0.0712. The van der Waals surface area contributed by atoms with Gasteiger partial charge in [-0.15, -0.1) is 0 Å². The highest BCUT2D eigenvalue weighted by molar-refractivity contribution is 8.04. The molecule has 2 N–H and O–H groups in total. The van der Waals surface area contributed by atoms with Crippen molar-refractivity contribution < 1.29 is 36.7 Å². The first-order chi connectivity index (χ1) is 19.1. The minimum Gasteiger partial charge on any atom is -0.385 e. The Morgan fingerprint density at radius 1 is 0.950 bits per heavy atom. The standard InChI is InChI=1S/C28H23F4N3O4S/c1-39-15-3-14-35-26(37)23(33-20-12-10-19(29)11-13-20)24(27(35)38)40-22-5-2-4-21(16-22)34-25(36)17-6-8-18(9-7-17)28(30,31)32/h2,4-13,16,33H,3,14-15H2,1H3,(H,34,36). The fraction of sp³-hybridized carbons (Fsp3) is 0.179. The quantitative estimate of drug-likeness (QED) is 0.178. The lowest BCUT2D eigenvalue weighted by Crippen LogP contribution is -2.33. The number of halogens is 4. The van der Waals surface area contributed by atoms with Gasteiger partial charge in [-0.3, -0.25) is 19.3 Å². The molecule has 0 radical (unpaired) electrons. The molecule has 3 amide bonds. The lowest BCUT2D eigenvalue weighted by atomic mass is 10.1. The number of amides is 3. The molecular formula is C28H23F4N3O4S. The summed E-state index contributed by atoms with van der Waals surface area (Å²) in [7, 11) is 1.51. The molecule has 0 fully saturated rings. The van der Waals surface area contributed by atoms with Crippen LogP contribution in [0.2, 0.25) is 0 Å². The van der Waals surface area contributed by atoms with Crippen molar-refractivity contribution in [2.24, 2.45) is 0 Å². The molecule has 0 unspecified atom stereocenters. The number of ether oxygens (including phenoxy) is 1. The fourth-order valence-electron chi connectivity index (χ4n) is 3.78. The van der Waals surface area contributed by atoms with Gasteiger partial charge in [0.2, 0.25) is 0 Å². The second-order valence-corrected chi connectivity index (χ2v) is 9.69. The van der Waals surface area contributed by atoms with Gasteiger partial charge in [0.05, 0.1) is 5.56 Å². The van der Waals surface area contributed by atoms with Crippen molar-refractivity contribution in [3.05, 3.63) is 100 Å². The van der Waals surface area contributed by atoms with Crippen LogP contribution in [0.25, 0.3) is 0 Å². The van der Waals surface area contributed by atoms with Crippen molar-refractivity contribution in [1.29, 1.82) is 0 Å². The van der Waals surface area contributed by atoms with Crippen LogP contribution < -0.4 is 10.6 Å². The van der Waals surface area contributed by atoms with Crippen molar-refractivity contribution in [2.75, 3.05) is 30.9 Å². The lowest BCUT2D eigenvalue weighted by Gasteiger charge is -2.14. The SMILES string of the molecule is COCCCN1C(=O)C(Nc2ccc(F)cc2)=C(Sc2cccc(NC(=O)c3ccc(C(F)(F)F)cc3)c2)C1=O. The lowest BCUT2D eigenvalue weighted by molar-refractivity contribution is -0.138. The van der Waals surface area contributed by atoms with E-state index in [0.717, 1.165) is 40.9 Å². The highest BCUT2D eigenvalue weighted by Gasteiger charge is 2.39. The zero-order chi connectivity index (χ0) is 28.9. The normalized spacial score (nSPS) is 13.7. The third-order valence-electron chi connectivity index (χ3n) is 5.76. The molecule has 1 aliphatic heterocycles. The average Bonchev–Trinajstić information content (AvgIpc) is 3.13. The number of imide groups is 1. The molecule has 7 nitrogen and oxygen atoms in total. The van der Waals surface area contributed by atoms with Crippen LogP contribution in [0.1, 0.15) is 22.3 Å². The highest BCUT2D eigenvalue weighted by Crippen LogP contribution is 2.37. The van der Waals surface area contributed by atoms with Gasteiger partial charge in [-0.25, -0.2) is 4.39 Å². The molecule has 40 heavy (non-hydrogen) atoms. The molecule has 1 heterocycles. The number of carbonyl (C=O) groups excluding carboxylic acids is 3. The molecule has 3 aromatic rings. The summed E-state index contributed by atoms with van der Waals surface area (Å²) in [6, 6.07) is 15.6. The van der Waals surface area contributed by atoms with E-state index >= 15 is 0 Å². The van der Waals surface area contributed by atoms with Crippen LogP contribution in [0.4, 0.5) is 28.9 Å². The predicted octanol–water partition coefficient (Wildman–Crippen LogP) is 5.92. The Bertz CT molecular complexity index is 1440. The Hall–Kier alpha value is -4.16. The number of rotatable bonds is 10. The average molecular weight is 574 g/mol. The van der Waals surface area contributed by atoms with E-state index < -0.39 is 35.3 Å². The molecule has 208 valence electrons. The van der Waals surface area contributed by atoms with E-state index in [1.165, 1.54) is 31.4 Å². The van der Waals surface area contributed by atoms with E-state index in [-0.39, 0.29) is 22.7 Å². The second kappa shape index (κ2) is 12.3. The molecule has 12 heteroatoms. The second-order valence-electron chi connectivity index (χ2n) is 8.60. The van der Waals surface area contributed by atoms with Gasteiger partial charge < -0.3 is 15.4 Å². The van der Waals surface area contributed by atoms with Crippen LogP contribution in [0.15, 0.2) is 88.3 Å². The number of thioether (sulfide) groups is 1.